The minimum Gasteiger partial charge on any atom is -0.373 e. The molecule has 0 atom stereocenters. The van der Waals surface area contributed by atoms with Crippen LogP contribution in [-0.4, -0.2) is 18.3 Å². The summed E-state index contributed by atoms with van der Waals surface area (Å²) in [5.74, 6) is -1.68. The van der Waals surface area contributed by atoms with E-state index < -0.39 is 12.3 Å². The fourth-order valence-electron chi connectivity index (χ4n) is 0.163. The van der Waals surface area contributed by atoms with Crippen molar-refractivity contribution in [3.8, 4) is 0 Å². The number of halogens is 3. The van der Waals surface area contributed by atoms with Crippen LogP contribution in [0.5, 0.6) is 0 Å². The van der Waals surface area contributed by atoms with Gasteiger partial charge in [-0.25, -0.2) is 0 Å². The van der Waals surface area contributed by atoms with Crippen LogP contribution >= 0.6 is 0 Å². The quantitative estimate of drug-likeness (QED) is 0.280. The lowest BCUT2D eigenvalue weighted by atomic mass is 10.8. The molecular formula is C4H8F3N3O2. The SMILES string of the molecule is CC(=O)OC(F)(F)F.N=C(N)N. The third kappa shape index (κ3) is 38.8. The Kier molecular flexibility index (Phi) is 5.71. The van der Waals surface area contributed by atoms with Crippen LogP contribution in [0.1, 0.15) is 6.92 Å². The molecule has 0 aliphatic heterocycles. The molecule has 0 amide bonds. The maximum atomic E-state index is 10.9. The first-order chi connectivity index (χ1) is 5.15. The molecule has 0 aromatic heterocycles. The van der Waals surface area contributed by atoms with E-state index in [-0.39, 0.29) is 5.96 Å². The number of nitrogens with one attached hydrogen (secondary N) is 1. The number of rotatable bonds is 0. The minimum absolute atomic E-state index is 0.333. The van der Waals surface area contributed by atoms with Crippen LogP contribution in [0, 0.1) is 5.41 Å². The standard InChI is InChI=1S/C3H3F3O2.CH5N3/c1-2(7)8-3(4,5)6;2-1(3)4/h1H3;(H5,2,3,4). The van der Waals surface area contributed by atoms with Crippen LogP contribution in [0.25, 0.3) is 0 Å². The summed E-state index contributed by atoms with van der Waals surface area (Å²) in [5.41, 5.74) is 8.94. The molecule has 0 radical (unpaired) electrons. The van der Waals surface area contributed by atoms with Crippen LogP contribution in [0.3, 0.4) is 0 Å². The van der Waals surface area contributed by atoms with E-state index >= 15 is 0 Å². The average Bonchev–Trinajstić information content (AvgIpc) is 1.52. The van der Waals surface area contributed by atoms with E-state index in [2.05, 4.69) is 16.2 Å². The van der Waals surface area contributed by atoms with Gasteiger partial charge in [0.1, 0.15) is 0 Å². The van der Waals surface area contributed by atoms with Crippen LogP contribution in [-0.2, 0) is 9.53 Å². The van der Waals surface area contributed by atoms with E-state index in [4.69, 9.17) is 5.41 Å². The number of nitrogens with two attached hydrogens (primary N) is 2. The van der Waals surface area contributed by atoms with Crippen molar-refractivity contribution in [1.82, 2.24) is 0 Å². The lowest BCUT2D eigenvalue weighted by Gasteiger charge is -2.02. The van der Waals surface area contributed by atoms with Gasteiger partial charge in [0.15, 0.2) is 5.96 Å². The van der Waals surface area contributed by atoms with Crippen molar-refractivity contribution in [1.29, 1.82) is 5.41 Å². The minimum atomic E-state index is -4.83. The number of esters is 1. The molecule has 0 aliphatic carbocycles. The maximum Gasteiger partial charge on any atom is 0.575 e. The average molecular weight is 187 g/mol. The topological polar surface area (TPSA) is 102 Å². The van der Waals surface area contributed by atoms with E-state index in [0.717, 1.165) is 0 Å². The fraction of sp³-hybridized carbons (Fsp3) is 0.500. The molecule has 5 N–H and O–H groups in total. The second-order valence-electron chi connectivity index (χ2n) is 1.49. The Hall–Kier alpha value is -1.47. The van der Waals surface area contributed by atoms with Gasteiger partial charge in [-0.3, -0.25) is 10.2 Å². The largest absolute Gasteiger partial charge is 0.575 e. The van der Waals surface area contributed by atoms with Crippen molar-refractivity contribution in [3.05, 3.63) is 0 Å². The summed E-state index contributed by atoms with van der Waals surface area (Å²) in [6.45, 7) is 0.688. The predicted molar refractivity (Wildman–Crippen MR) is 33.9 cm³/mol. The number of carbonyl (C=O) groups is 1. The summed E-state index contributed by atoms with van der Waals surface area (Å²) in [7, 11) is 0. The zero-order valence-electron chi connectivity index (χ0n) is 6.11. The van der Waals surface area contributed by atoms with Gasteiger partial charge in [0.2, 0.25) is 0 Å². The van der Waals surface area contributed by atoms with E-state index in [1.165, 1.54) is 0 Å². The monoisotopic (exact) mass is 187 g/mol. The van der Waals surface area contributed by atoms with Crippen molar-refractivity contribution in [2.24, 2.45) is 11.5 Å². The molecule has 5 nitrogen and oxygen atoms in total. The number of carbonyl (C=O) groups excluding carboxylic acids is 1. The molecule has 0 saturated heterocycles. The first-order valence-electron chi connectivity index (χ1n) is 2.51. The van der Waals surface area contributed by atoms with Gasteiger partial charge in [0.05, 0.1) is 0 Å². The summed E-state index contributed by atoms with van der Waals surface area (Å²) >= 11 is 0. The second kappa shape index (κ2) is 5.22. The van der Waals surface area contributed by atoms with E-state index in [1.807, 2.05) is 0 Å². The summed E-state index contributed by atoms with van der Waals surface area (Å²) in [5, 5.41) is 6.06. The van der Waals surface area contributed by atoms with Crippen LogP contribution in [0.2, 0.25) is 0 Å². The highest BCUT2D eigenvalue weighted by Crippen LogP contribution is 2.15. The van der Waals surface area contributed by atoms with Crippen molar-refractivity contribution in [2.75, 3.05) is 0 Å². The Bertz CT molecular complexity index is 163. The summed E-state index contributed by atoms with van der Waals surface area (Å²) in [6.07, 6.45) is -4.83. The van der Waals surface area contributed by atoms with Crippen molar-refractivity contribution < 1.29 is 22.7 Å². The Morgan fingerprint density at radius 2 is 1.67 bits per heavy atom. The third-order valence-electron chi connectivity index (χ3n) is 0.259. The molecule has 0 aromatic carbocycles. The predicted octanol–water partition coefficient (Wildman–Crippen LogP) is -0.0921. The normalized spacial score (nSPS) is 9.33. The Morgan fingerprint density at radius 1 is 1.42 bits per heavy atom. The van der Waals surface area contributed by atoms with E-state index in [1.54, 1.807) is 0 Å². The Labute approximate surface area is 66.0 Å². The highest BCUT2D eigenvalue weighted by Gasteiger charge is 2.32. The first kappa shape index (κ1) is 13.1. The molecule has 0 heterocycles. The van der Waals surface area contributed by atoms with Gasteiger partial charge in [-0.1, -0.05) is 0 Å². The number of ether oxygens (including phenoxy) is 1. The molecular weight excluding hydrogens is 179 g/mol. The van der Waals surface area contributed by atoms with Gasteiger partial charge < -0.3 is 16.2 Å². The molecule has 0 aliphatic rings. The van der Waals surface area contributed by atoms with Gasteiger partial charge in [-0.05, 0) is 0 Å². The molecule has 72 valence electrons. The summed E-state index contributed by atoms with van der Waals surface area (Å²) < 4.78 is 35.4. The van der Waals surface area contributed by atoms with Gasteiger partial charge in [0, 0.05) is 6.92 Å². The molecule has 0 aromatic rings. The lowest BCUT2D eigenvalue weighted by Crippen LogP contribution is -2.20. The van der Waals surface area contributed by atoms with Crippen molar-refractivity contribution in [3.63, 3.8) is 0 Å². The third-order valence-corrected chi connectivity index (χ3v) is 0.259. The molecule has 8 heteroatoms. The number of hydrogen-bond acceptors (Lipinski definition) is 3. The number of guanidine groups is 1. The highest BCUT2D eigenvalue weighted by atomic mass is 19.4. The van der Waals surface area contributed by atoms with Gasteiger partial charge in [-0.2, -0.15) is 0 Å². The van der Waals surface area contributed by atoms with E-state index in [0.29, 0.717) is 6.92 Å². The fourth-order valence-corrected chi connectivity index (χ4v) is 0.163. The second-order valence-corrected chi connectivity index (χ2v) is 1.49. The maximum absolute atomic E-state index is 10.9. The molecule has 0 fully saturated rings. The van der Waals surface area contributed by atoms with E-state index in [9.17, 15) is 18.0 Å². The molecule has 0 rings (SSSR count). The zero-order valence-corrected chi connectivity index (χ0v) is 6.11. The van der Waals surface area contributed by atoms with Crippen LogP contribution < -0.4 is 11.5 Å². The Balaban J connectivity index is 0. The highest BCUT2D eigenvalue weighted by molar-refractivity contribution is 5.71. The lowest BCUT2D eigenvalue weighted by molar-refractivity contribution is -0.304. The zero-order chi connectivity index (χ0) is 10.4. The number of hydrogen-bond donors (Lipinski definition) is 3. The number of alkyl halides is 3. The summed E-state index contributed by atoms with van der Waals surface area (Å²) in [4.78, 5) is 9.52. The van der Waals surface area contributed by atoms with Crippen LogP contribution in [0.4, 0.5) is 13.2 Å². The van der Waals surface area contributed by atoms with Gasteiger partial charge in [-0.15, -0.1) is 13.2 Å². The van der Waals surface area contributed by atoms with Crippen molar-refractivity contribution >= 4 is 11.9 Å². The van der Waals surface area contributed by atoms with Crippen molar-refractivity contribution in [2.45, 2.75) is 13.3 Å². The van der Waals surface area contributed by atoms with Gasteiger partial charge in [0.25, 0.3) is 0 Å². The molecule has 0 saturated carbocycles. The van der Waals surface area contributed by atoms with Crippen LogP contribution in [0.15, 0.2) is 0 Å². The van der Waals surface area contributed by atoms with Gasteiger partial charge >= 0.3 is 12.3 Å². The first-order valence-corrected chi connectivity index (χ1v) is 2.51. The summed E-state index contributed by atoms with van der Waals surface area (Å²) in [6, 6.07) is 0. The Morgan fingerprint density at radius 3 is 1.67 bits per heavy atom. The molecule has 12 heavy (non-hydrogen) atoms. The smallest absolute Gasteiger partial charge is 0.373 e. The molecule has 0 spiro atoms. The molecule has 0 unspecified atom stereocenters. The molecule has 0 bridgehead atoms.